The largest absolute Gasteiger partial charge is 0.462 e. The van der Waals surface area contributed by atoms with Crippen LogP contribution in [0.25, 0.3) is 0 Å². The van der Waals surface area contributed by atoms with Crippen LogP contribution in [-0.2, 0) is 38.1 Å². The van der Waals surface area contributed by atoms with Gasteiger partial charge in [0.25, 0.3) is 0 Å². The fourth-order valence-electron chi connectivity index (χ4n) is 11.2. The molecule has 0 bridgehead atoms. The van der Waals surface area contributed by atoms with Crippen LogP contribution in [0, 0.1) is 35.0 Å². The molecule has 0 amide bonds. The summed E-state index contributed by atoms with van der Waals surface area (Å²) in [6.45, 7) is 11.3. The molecule has 4 heterocycles. The van der Waals surface area contributed by atoms with Gasteiger partial charge in [0.2, 0.25) is 0 Å². The van der Waals surface area contributed by atoms with E-state index in [0.29, 0.717) is 32.1 Å². The van der Waals surface area contributed by atoms with Crippen LogP contribution in [0.5, 0.6) is 0 Å². The van der Waals surface area contributed by atoms with Gasteiger partial charge in [-0.2, -0.15) is 0 Å². The Morgan fingerprint density at radius 3 is 2.44 bits per heavy atom. The van der Waals surface area contributed by atoms with Crippen LogP contribution in [0.1, 0.15) is 86.5 Å². The molecule has 3 aliphatic carbocycles. The number of esters is 3. The lowest BCUT2D eigenvalue weighted by atomic mass is 9.50. The Labute approximate surface area is 240 Å². The van der Waals surface area contributed by atoms with Crippen molar-refractivity contribution in [3.63, 3.8) is 0 Å². The maximum absolute atomic E-state index is 12.8. The maximum atomic E-state index is 12.8. The second-order valence-corrected chi connectivity index (χ2v) is 15.1. The van der Waals surface area contributed by atoms with Gasteiger partial charge in [0, 0.05) is 30.6 Å². The number of carbonyl (C=O) groups excluding carboxylic acids is 3. The molecule has 0 aromatic rings. The molecule has 10 heteroatoms. The summed E-state index contributed by atoms with van der Waals surface area (Å²) >= 11 is 0. The number of aliphatic hydroxyl groups excluding tert-OH is 1. The molecule has 0 aromatic carbocycles. The van der Waals surface area contributed by atoms with Crippen LogP contribution in [-0.4, -0.2) is 81.0 Å². The number of hydrogen-bond donors (Lipinski definition) is 2. The van der Waals surface area contributed by atoms with Gasteiger partial charge in [0.1, 0.15) is 23.9 Å². The van der Waals surface area contributed by atoms with Crippen LogP contribution in [0.3, 0.4) is 0 Å². The smallest absolute Gasteiger partial charge is 0.309 e. The Morgan fingerprint density at radius 1 is 1.05 bits per heavy atom. The second kappa shape index (κ2) is 8.45. The second-order valence-electron chi connectivity index (χ2n) is 15.1. The van der Waals surface area contributed by atoms with Crippen LogP contribution in [0.4, 0.5) is 0 Å². The van der Waals surface area contributed by atoms with Gasteiger partial charge >= 0.3 is 17.9 Å². The van der Waals surface area contributed by atoms with Crippen molar-refractivity contribution in [3.8, 4) is 0 Å². The van der Waals surface area contributed by atoms with Gasteiger partial charge in [0.15, 0.2) is 0 Å². The lowest BCUT2D eigenvalue weighted by molar-refractivity contribution is -0.270. The summed E-state index contributed by atoms with van der Waals surface area (Å²) in [5.41, 5.74) is -4.95. The maximum Gasteiger partial charge on any atom is 0.309 e. The van der Waals surface area contributed by atoms with Gasteiger partial charge in [0.05, 0.1) is 41.3 Å². The van der Waals surface area contributed by atoms with E-state index in [1.165, 1.54) is 6.92 Å². The van der Waals surface area contributed by atoms with Crippen molar-refractivity contribution in [1.29, 1.82) is 0 Å². The Kier molecular flexibility index (Phi) is 5.78. The quantitative estimate of drug-likeness (QED) is 0.372. The van der Waals surface area contributed by atoms with Gasteiger partial charge in [-0.15, -0.1) is 0 Å². The third-order valence-corrected chi connectivity index (χ3v) is 12.8. The van der Waals surface area contributed by atoms with E-state index in [1.54, 1.807) is 0 Å². The molecule has 0 aromatic heterocycles. The van der Waals surface area contributed by atoms with E-state index >= 15 is 0 Å². The van der Waals surface area contributed by atoms with E-state index < -0.39 is 58.0 Å². The number of hydrogen-bond acceptors (Lipinski definition) is 10. The number of aliphatic hydroxyl groups is 2. The van der Waals surface area contributed by atoms with Crippen LogP contribution in [0.2, 0.25) is 0 Å². The molecule has 10 nitrogen and oxygen atoms in total. The number of cyclic esters (lactones) is 1. The number of ether oxygens (including phenoxy) is 5. The summed E-state index contributed by atoms with van der Waals surface area (Å²) in [6.07, 6.45) is -0.320. The third-order valence-electron chi connectivity index (χ3n) is 12.8. The highest BCUT2D eigenvalue weighted by Gasteiger charge is 2.80. The van der Waals surface area contributed by atoms with Crippen molar-refractivity contribution in [2.75, 3.05) is 0 Å². The molecule has 14 atom stereocenters. The van der Waals surface area contributed by atoms with Gasteiger partial charge in [-0.25, -0.2) is 0 Å². The monoisotopic (exact) mass is 576 g/mol. The molecule has 0 unspecified atom stereocenters. The van der Waals surface area contributed by atoms with Crippen molar-refractivity contribution in [2.45, 2.75) is 139 Å². The Hall–Kier alpha value is -1.75. The summed E-state index contributed by atoms with van der Waals surface area (Å²) in [6, 6.07) is 0. The van der Waals surface area contributed by atoms with E-state index in [4.69, 9.17) is 23.7 Å². The number of rotatable bonds is 2. The molecule has 4 aliphatic heterocycles. The first-order chi connectivity index (χ1) is 19.1. The van der Waals surface area contributed by atoms with E-state index in [9.17, 15) is 24.6 Å². The minimum absolute atomic E-state index is 0.0178. The first-order valence-electron chi connectivity index (χ1n) is 15.4. The normalized spacial score (nSPS) is 56.6. The Balaban J connectivity index is 1.34. The predicted molar refractivity (Wildman–Crippen MR) is 141 cm³/mol. The van der Waals surface area contributed by atoms with Crippen LogP contribution < -0.4 is 0 Å². The summed E-state index contributed by atoms with van der Waals surface area (Å²) < 4.78 is 31.5. The molecule has 228 valence electrons. The summed E-state index contributed by atoms with van der Waals surface area (Å²) in [4.78, 5) is 37.6. The third kappa shape index (κ3) is 3.42. The van der Waals surface area contributed by atoms with E-state index in [0.717, 1.165) is 0 Å². The zero-order valence-corrected chi connectivity index (χ0v) is 24.9. The summed E-state index contributed by atoms with van der Waals surface area (Å²) in [5.74, 6) is -2.24. The first-order valence-corrected chi connectivity index (χ1v) is 15.4. The van der Waals surface area contributed by atoms with Crippen LogP contribution in [0.15, 0.2) is 0 Å². The minimum Gasteiger partial charge on any atom is -0.462 e. The SMILES string of the molecule is CC(=O)O[C@@H]1C[C@H]2C(C)(C)O[C@@H]3CC(=O)O[C@@]32C[C@@]2(O)CC[C@]34O[C@H]([C@@H]5C[C@H](C)C(=O)O5)[C@@H](C)[C@H]3C[C@H](O)[C@]4(C)[C@H]12. The predicted octanol–water partition coefficient (Wildman–Crippen LogP) is 2.44. The molecule has 2 N–H and O–H groups in total. The average molecular weight is 577 g/mol. The highest BCUT2D eigenvalue weighted by atomic mass is 16.6. The van der Waals surface area contributed by atoms with E-state index in [1.807, 2.05) is 27.7 Å². The van der Waals surface area contributed by atoms with Gasteiger partial charge in [-0.1, -0.05) is 20.8 Å². The number of fused-ring (bicyclic) bond motifs is 2. The standard InChI is InChI=1S/C31H44O10/c1-14-9-18(38-26(14)35)24-15(2)17-10-21(33)28(6)25-19(37-16(3)32)11-20-27(4,5)39-22-12-23(34)40-30(20,22)13-29(25,36)7-8-31(17,28)41-24/h14-15,17-22,24-25,33,36H,7-13H2,1-6H3/t14-,15-,17+,18-,19+,20-,21-,22+,24-,25-,28+,29-,30+,31-/m0/s1. The molecule has 7 fully saturated rings. The molecule has 4 saturated heterocycles. The summed E-state index contributed by atoms with van der Waals surface area (Å²) in [5, 5.41) is 24.7. The molecule has 7 aliphatic rings. The molecule has 0 radical (unpaired) electrons. The fourth-order valence-corrected chi connectivity index (χ4v) is 11.2. The molecule has 7 rings (SSSR count). The van der Waals surface area contributed by atoms with E-state index in [-0.39, 0.29) is 60.7 Å². The lowest BCUT2D eigenvalue weighted by Crippen LogP contribution is -2.68. The van der Waals surface area contributed by atoms with Crippen LogP contribution >= 0.6 is 0 Å². The zero-order chi connectivity index (χ0) is 29.5. The molecule has 3 saturated carbocycles. The van der Waals surface area contributed by atoms with Crippen molar-refractivity contribution >= 4 is 17.9 Å². The highest BCUT2D eigenvalue weighted by molar-refractivity contribution is 5.74. The van der Waals surface area contributed by atoms with Crippen molar-refractivity contribution < 1.29 is 48.3 Å². The Bertz CT molecular complexity index is 1190. The van der Waals surface area contributed by atoms with Crippen molar-refractivity contribution in [3.05, 3.63) is 0 Å². The van der Waals surface area contributed by atoms with Gasteiger partial charge in [-0.3, -0.25) is 14.4 Å². The topological polar surface area (TPSA) is 138 Å². The molecular weight excluding hydrogens is 532 g/mol. The molecule has 41 heavy (non-hydrogen) atoms. The highest BCUT2D eigenvalue weighted by Crippen LogP contribution is 2.73. The van der Waals surface area contributed by atoms with Gasteiger partial charge in [-0.05, 0) is 57.8 Å². The molecular formula is C31H44O10. The van der Waals surface area contributed by atoms with Crippen molar-refractivity contribution in [1.82, 2.24) is 0 Å². The lowest BCUT2D eigenvalue weighted by Gasteiger charge is -2.60. The van der Waals surface area contributed by atoms with Gasteiger partial charge < -0.3 is 33.9 Å². The molecule has 2 spiro atoms. The van der Waals surface area contributed by atoms with Crippen molar-refractivity contribution in [2.24, 2.45) is 35.0 Å². The summed E-state index contributed by atoms with van der Waals surface area (Å²) in [7, 11) is 0. The Morgan fingerprint density at radius 2 is 1.78 bits per heavy atom. The number of carbonyl (C=O) groups is 3. The fraction of sp³-hybridized carbons (Fsp3) is 0.903. The zero-order valence-electron chi connectivity index (χ0n) is 24.9. The minimum atomic E-state index is -1.42. The van der Waals surface area contributed by atoms with E-state index in [2.05, 4.69) is 6.92 Å². The first kappa shape index (κ1) is 28.0. The average Bonchev–Trinajstić information content (AvgIpc) is 3.52.